The van der Waals surface area contributed by atoms with Crippen LogP contribution in [0.5, 0.6) is 0 Å². The number of carbonyl (C=O) groups excluding carboxylic acids is 2. The Morgan fingerprint density at radius 3 is 2.77 bits per heavy atom. The van der Waals surface area contributed by atoms with Gasteiger partial charge in [0, 0.05) is 11.4 Å². The molecule has 5 nitrogen and oxygen atoms in total. The van der Waals surface area contributed by atoms with Gasteiger partial charge in [0.2, 0.25) is 5.91 Å². The molecule has 5 heteroatoms. The highest BCUT2D eigenvalue weighted by atomic mass is 16.2. The number of amides is 3. The van der Waals surface area contributed by atoms with Crippen molar-refractivity contribution < 1.29 is 9.59 Å². The van der Waals surface area contributed by atoms with Crippen LogP contribution in [0.3, 0.4) is 0 Å². The van der Waals surface area contributed by atoms with Gasteiger partial charge in [-0.15, -0.1) is 0 Å². The molecule has 0 radical (unpaired) electrons. The van der Waals surface area contributed by atoms with Gasteiger partial charge in [0.05, 0.1) is 12.5 Å². The lowest BCUT2D eigenvalue weighted by Gasteiger charge is -2.17. The highest BCUT2D eigenvalue weighted by Crippen LogP contribution is 2.27. The number of fused-ring (bicyclic) bond motifs is 2. The SMILES string of the molecule is C[C@H](NC(=O)Nc1ccc2c(c1)CC(=O)N2)c1cccc2ccccc12. The molecule has 1 aliphatic heterocycles. The Labute approximate surface area is 151 Å². The van der Waals surface area contributed by atoms with Crippen molar-refractivity contribution in [3.05, 3.63) is 71.8 Å². The van der Waals surface area contributed by atoms with Crippen LogP contribution in [0.15, 0.2) is 60.7 Å². The van der Waals surface area contributed by atoms with E-state index in [1.807, 2.05) is 43.3 Å². The van der Waals surface area contributed by atoms with Gasteiger partial charge >= 0.3 is 6.03 Å². The van der Waals surface area contributed by atoms with E-state index in [0.29, 0.717) is 12.1 Å². The zero-order chi connectivity index (χ0) is 18.1. The Bertz CT molecular complexity index is 1010. The van der Waals surface area contributed by atoms with Crippen LogP contribution in [0.2, 0.25) is 0 Å². The van der Waals surface area contributed by atoms with E-state index in [4.69, 9.17) is 0 Å². The second-order valence-electron chi connectivity index (χ2n) is 6.49. The molecule has 1 heterocycles. The average Bonchev–Trinajstić information content (AvgIpc) is 3.00. The predicted molar refractivity (Wildman–Crippen MR) is 103 cm³/mol. The van der Waals surface area contributed by atoms with E-state index in [9.17, 15) is 9.59 Å². The molecule has 3 amide bonds. The molecule has 0 saturated heterocycles. The molecule has 1 atom stereocenters. The molecule has 0 unspecified atom stereocenters. The van der Waals surface area contributed by atoms with Gasteiger partial charge in [-0.2, -0.15) is 0 Å². The number of anilines is 2. The first-order valence-corrected chi connectivity index (χ1v) is 8.58. The fourth-order valence-corrected chi connectivity index (χ4v) is 3.38. The summed E-state index contributed by atoms with van der Waals surface area (Å²) in [6, 6.07) is 19.2. The molecule has 3 N–H and O–H groups in total. The summed E-state index contributed by atoms with van der Waals surface area (Å²) >= 11 is 0. The Morgan fingerprint density at radius 1 is 1.08 bits per heavy atom. The maximum Gasteiger partial charge on any atom is 0.319 e. The first-order chi connectivity index (χ1) is 12.6. The summed E-state index contributed by atoms with van der Waals surface area (Å²) in [4.78, 5) is 23.8. The summed E-state index contributed by atoms with van der Waals surface area (Å²) in [5, 5.41) is 10.9. The summed E-state index contributed by atoms with van der Waals surface area (Å²) in [6.07, 6.45) is 0.346. The van der Waals surface area contributed by atoms with Gasteiger partial charge in [0.15, 0.2) is 0 Å². The third-order valence-electron chi connectivity index (χ3n) is 4.63. The molecular weight excluding hydrogens is 326 g/mol. The van der Waals surface area contributed by atoms with E-state index in [1.54, 1.807) is 6.07 Å². The van der Waals surface area contributed by atoms with Crippen molar-refractivity contribution in [1.82, 2.24) is 5.32 Å². The standard InChI is InChI=1S/C21H19N3O2/c1-13(17-8-4-6-14-5-2-3-7-18(14)17)22-21(26)23-16-9-10-19-15(11-16)12-20(25)24-19/h2-11,13H,12H2,1H3,(H,24,25)(H2,22,23,26)/t13-/m0/s1. The van der Waals surface area contributed by atoms with Crippen molar-refractivity contribution >= 4 is 34.1 Å². The molecule has 130 valence electrons. The lowest BCUT2D eigenvalue weighted by Crippen LogP contribution is -2.31. The largest absolute Gasteiger partial charge is 0.331 e. The zero-order valence-corrected chi connectivity index (χ0v) is 14.4. The molecule has 4 rings (SSSR count). The Morgan fingerprint density at radius 2 is 1.88 bits per heavy atom. The van der Waals surface area contributed by atoms with E-state index in [0.717, 1.165) is 27.6 Å². The molecule has 0 fully saturated rings. The first kappa shape index (κ1) is 16.1. The van der Waals surface area contributed by atoms with E-state index >= 15 is 0 Å². The second-order valence-corrected chi connectivity index (χ2v) is 6.49. The van der Waals surface area contributed by atoms with E-state index < -0.39 is 0 Å². The molecule has 0 aromatic heterocycles. The zero-order valence-electron chi connectivity index (χ0n) is 14.4. The molecule has 3 aromatic carbocycles. The van der Waals surface area contributed by atoms with Crippen LogP contribution in [0.1, 0.15) is 24.1 Å². The summed E-state index contributed by atoms with van der Waals surface area (Å²) in [5.41, 5.74) is 3.45. The Balaban J connectivity index is 1.48. The summed E-state index contributed by atoms with van der Waals surface area (Å²) in [5.74, 6) is -0.0221. The molecule has 0 aliphatic carbocycles. The van der Waals surface area contributed by atoms with Gasteiger partial charge in [-0.3, -0.25) is 4.79 Å². The van der Waals surface area contributed by atoms with Crippen LogP contribution in [-0.2, 0) is 11.2 Å². The molecule has 26 heavy (non-hydrogen) atoms. The lowest BCUT2D eigenvalue weighted by molar-refractivity contribution is -0.115. The van der Waals surface area contributed by atoms with Crippen LogP contribution < -0.4 is 16.0 Å². The molecule has 3 aromatic rings. The van der Waals surface area contributed by atoms with Gasteiger partial charge in [0.25, 0.3) is 0 Å². The average molecular weight is 345 g/mol. The smallest absolute Gasteiger partial charge is 0.319 e. The van der Waals surface area contributed by atoms with Crippen molar-refractivity contribution in [2.75, 3.05) is 10.6 Å². The van der Waals surface area contributed by atoms with Crippen molar-refractivity contribution in [1.29, 1.82) is 0 Å². The molecular formula is C21H19N3O2. The van der Waals surface area contributed by atoms with Crippen molar-refractivity contribution in [3.8, 4) is 0 Å². The minimum absolute atomic E-state index is 0.0221. The summed E-state index contributed by atoms with van der Waals surface area (Å²) < 4.78 is 0. The first-order valence-electron chi connectivity index (χ1n) is 8.58. The minimum atomic E-state index is -0.275. The topological polar surface area (TPSA) is 70.2 Å². The maximum absolute atomic E-state index is 12.4. The molecule has 0 bridgehead atoms. The van der Waals surface area contributed by atoms with Gasteiger partial charge in [0.1, 0.15) is 0 Å². The van der Waals surface area contributed by atoms with Gasteiger partial charge in [-0.25, -0.2) is 4.79 Å². The lowest BCUT2D eigenvalue weighted by atomic mass is 10.00. The molecule has 0 spiro atoms. The molecule has 0 saturated carbocycles. The number of rotatable bonds is 3. The van der Waals surface area contributed by atoms with Crippen LogP contribution >= 0.6 is 0 Å². The normalized spacial score (nSPS) is 13.8. The number of hydrogen-bond donors (Lipinski definition) is 3. The van der Waals surface area contributed by atoms with Crippen molar-refractivity contribution in [2.45, 2.75) is 19.4 Å². The fourth-order valence-electron chi connectivity index (χ4n) is 3.38. The number of urea groups is 1. The van der Waals surface area contributed by atoms with Crippen LogP contribution in [0.4, 0.5) is 16.2 Å². The number of benzene rings is 3. The van der Waals surface area contributed by atoms with Gasteiger partial charge in [-0.1, -0.05) is 42.5 Å². The van der Waals surface area contributed by atoms with E-state index in [1.165, 1.54) is 0 Å². The van der Waals surface area contributed by atoms with Crippen molar-refractivity contribution in [2.24, 2.45) is 0 Å². The minimum Gasteiger partial charge on any atom is -0.331 e. The monoisotopic (exact) mass is 345 g/mol. The highest BCUT2D eigenvalue weighted by molar-refractivity contribution is 6.00. The number of hydrogen-bond acceptors (Lipinski definition) is 2. The second kappa shape index (κ2) is 6.52. The van der Waals surface area contributed by atoms with Crippen LogP contribution in [0.25, 0.3) is 10.8 Å². The quantitative estimate of drug-likeness (QED) is 0.665. The van der Waals surface area contributed by atoms with Gasteiger partial charge < -0.3 is 16.0 Å². The van der Waals surface area contributed by atoms with Crippen LogP contribution in [0, 0.1) is 0 Å². The van der Waals surface area contributed by atoms with E-state index in [2.05, 4.69) is 34.1 Å². The number of nitrogens with one attached hydrogen (secondary N) is 3. The third-order valence-corrected chi connectivity index (χ3v) is 4.63. The van der Waals surface area contributed by atoms with E-state index in [-0.39, 0.29) is 18.0 Å². The number of carbonyl (C=O) groups is 2. The Hall–Kier alpha value is -3.34. The summed E-state index contributed by atoms with van der Waals surface area (Å²) in [7, 11) is 0. The molecule has 1 aliphatic rings. The maximum atomic E-state index is 12.4. The third kappa shape index (κ3) is 3.11. The van der Waals surface area contributed by atoms with Crippen LogP contribution in [-0.4, -0.2) is 11.9 Å². The summed E-state index contributed by atoms with van der Waals surface area (Å²) in [6.45, 7) is 1.96. The van der Waals surface area contributed by atoms with Crippen molar-refractivity contribution in [3.63, 3.8) is 0 Å². The van der Waals surface area contributed by atoms with Gasteiger partial charge in [-0.05, 0) is 47.0 Å². The highest BCUT2D eigenvalue weighted by Gasteiger charge is 2.18. The predicted octanol–water partition coefficient (Wildman–Crippen LogP) is 4.22. The fraction of sp³-hybridized carbons (Fsp3) is 0.143. The Kier molecular flexibility index (Phi) is 4.05.